The lowest BCUT2D eigenvalue weighted by Crippen LogP contribution is -2.14. The van der Waals surface area contributed by atoms with Gasteiger partial charge in [-0.05, 0) is 91.3 Å². The monoisotopic (exact) mass is 690 g/mol. The second-order valence-electron chi connectivity index (χ2n) is 14.9. The smallest absolute Gasteiger partial charge is 0.160 e. The second-order valence-corrected chi connectivity index (χ2v) is 14.9. The second kappa shape index (κ2) is 11.6. The fraction of sp³-hybridized carbons (Fsp3) is 0.0588. The summed E-state index contributed by atoms with van der Waals surface area (Å²) in [5.74, 6) is 0.703. The Kier molecular flexibility index (Phi) is 6.60. The molecule has 0 saturated carbocycles. The standard InChI is InChI=1S/C51H34N2O/c1-51(2)42-22-12-21-39(48(42)40-27-33-16-6-7-17-34(33)29-43(40)51)45-30-44(52-50(53-45)32-14-4-3-5-15-32)38-20-11-10-18-36(38)35-24-25-46-41(28-35)49-37-19-9-8-13-31(37)23-26-47(49)54-46/h3-30H,1-2H3. The molecule has 0 saturated heterocycles. The maximum Gasteiger partial charge on any atom is 0.160 e. The number of rotatable bonds is 4. The van der Waals surface area contributed by atoms with Crippen molar-refractivity contribution in [1.82, 2.24) is 9.97 Å². The Hall–Kier alpha value is -6.84. The predicted octanol–water partition coefficient (Wildman–Crippen LogP) is 13.7. The van der Waals surface area contributed by atoms with Crippen LogP contribution in [0.5, 0.6) is 0 Å². The van der Waals surface area contributed by atoms with Gasteiger partial charge in [0, 0.05) is 32.9 Å². The van der Waals surface area contributed by atoms with E-state index >= 15 is 0 Å². The fourth-order valence-corrected chi connectivity index (χ4v) is 8.80. The maximum absolute atomic E-state index is 6.37. The molecule has 54 heavy (non-hydrogen) atoms. The van der Waals surface area contributed by atoms with Gasteiger partial charge in [0.05, 0.1) is 11.4 Å². The first-order chi connectivity index (χ1) is 26.5. The average molecular weight is 691 g/mol. The minimum absolute atomic E-state index is 0.156. The predicted molar refractivity (Wildman–Crippen MR) is 224 cm³/mol. The summed E-state index contributed by atoms with van der Waals surface area (Å²) in [5.41, 5.74) is 14.0. The SMILES string of the molecule is CC1(C)c2cc3ccccc3cc2-c2c(-c3cc(-c4ccccc4-c4ccc5oc6ccc7ccccc7c6c5c4)nc(-c4ccccc4)n3)cccc21. The molecule has 0 bridgehead atoms. The first-order valence-electron chi connectivity index (χ1n) is 18.6. The minimum Gasteiger partial charge on any atom is -0.456 e. The Morgan fingerprint density at radius 3 is 1.93 bits per heavy atom. The Morgan fingerprint density at radius 2 is 1.09 bits per heavy atom. The van der Waals surface area contributed by atoms with E-state index in [4.69, 9.17) is 14.4 Å². The molecule has 0 spiro atoms. The van der Waals surface area contributed by atoms with Crippen LogP contribution in [0, 0.1) is 0 Å². The Balaban J connectivity index is 1.14. The van der Waals surface area contributed by atoms with Gasteiger partial charge < -0.3 is 4.42 Å². The van der Waals surface area contributed by atoms with Crippen LogP contribution >= 0.6 is 0 Å². The van der Waals surface area contributed by atoms with E-state index < -0.39 is 0 Å². The fourth-order valence-electron chi connectivity index (χ4n) is 8.80. The number of hydrogen-bond acceptors (Lipinski definition) is 3. The molecule has 0 N–H and O–H groups in total. The molecule has 0 radical (unpaired) electrons. The van der Waals surface area contributed by atoms with E-state index in [0.29, 0.717) is 5.82 Å². The molecule has 0 atom stereocenters. The molecule has 1 aliphatic carbocycles. The van der Waals surface area contributed by atoms with Gasteiger partial charge in [-0.3, -0.25) is 0 Å². The normalized spacial score (nSPS) is 13.1. The maximum atomic E-state index is 6.37. The summed E-state index contributed by atoms with van der Waals surface area (Å²) >= 11 is 0. The van der Waals surface area contributed by atoms with Crippen molar-refractivity contribution in [2.24, 2.45) is 0 Å². The lowest BCUT2D eigenvalue weighted by molar-refractivity contribution is 0.661. The van der Waals surface area contributed by atoms with Crippen LogP contribution in [-0.4, -0.2) is 9.97 Å². The topological polar surface area (TPSA) is 38.9 Å². The summed E-state index contributed by atoms with van der Waals surface area (Å²) in [6.07, 6.45) is 0. The highest BCUT2D eigenvalue weighted by atomic mass is 16.3. The van der Waals surface area contributed by atoms with Crippen molar-refractivity contribution < 1.29 is 4.42 Å². The lowest BCUT2D eigenvalue weighted by atomic mass is 9.81. The third kappa shape index (κ3) is 4.61. The average Bonchev–Trinajstić information content (AvgIpc) is 3.71. The molecular weight excluding hydrogens is 657 g/mol. The lowest BCUT2D eigenvalue weighted by Gasteiger charge is -2.22. The van der Waals surface area contributed by atoms with Gasteiger partial charge in [0.1, 0.15) is 11.2 Å². The van der Waals surface area contributed by atoms with E-state index in [-0.39, 0.29) is 5.41 Å². The van der Waals surface area contributed by atoms with Gasteiger partial charge in [-0.15, -0.1) is 0 Å². The molecular formula is C51H34N2O. The molecule has 2 aromatic heterocycles. The summed E-state index contributed by atoms with van der Waals surface area (Å²) in [6, 6.07) is 60.5. The molecule has 10 aromatic rings. The van der Waals surface area contributed by atoms with Gasteiger partial charge in [0.2, 0.25) is 0 Å². The molecule has 8 aromatic carbocycles. The highest BCUT2D eigenvalue weighted by Crippen LogP contribution is 2.53. The zero-order valence-corrected chi connectivity index (χ0v) is 30.0. The summed E-state index contributed by atoms with van der Waals surface area (Å²) in [5, 5.41) is 7.16. The number of hydrogen-bond donors (Lipinski definition) is 0. The summed E-state index contributed by atoms with van der Waals surface area (Å²) in [7, 11) is 0. The summed E-state index contributed by atoms with van der Waals surface area (Å²) in [4.78, 5) is 10.6. The molecule has 0 fully saturated rings. The van der Waals surface area contributed by atoms with Crippen molar-refractivity contribution in [3.63, 3.8) is 0 Å². The van der Waals surface area contributed by atoms with Crippen molar-refractivity contribution in [3.05, 3.63) is 181 Å². The molecule has 0 amide bonds. The molecule has 0 unspecified atom stereocenters. The first kappa shape index (κ1) is 30.8. The largest absolute Gasteiger partial charge is 0.456 e. The molecule has 254 valence electrons. The van der Waals surface area contributed by atoms with Crippen molar-refractivity contribution in [2.45, 2.75) is 19.3 Å². The quantitative estimate of drug-likeness (QED) is 0.184. The highest BCUT2D eigenvalue weighted by Gasteiger charge is 2.37. The highest BCUT2D eigenvalue weighted by molar-refractivity contribution is 6.19. The van der Waals surface area contributed by atoms with Gasteiger partial charge in [-0.1, -0.05) is 147 Å². The first-order valence-corrected chi connectivity index (χ1v) is 18.6. The Bertz CT molecular complexity index is 3130. The third-order valence-corrected chi connectivity index (χ3v) is 11.5. The van der Waals surface area contributed by atoms with Crippen LogP contribution in [0.15, 0.2) is 174 Å². The minimum atomic E-state index is -0.156. The van der Waals surface area contributed by atoms with E-state index in [1.165, 1.54) is 43.8 Å². The summed E-state index contributed by atoms with van der Waals surface area (Å²) < 4.78 is 6.37. The zero-order chi connectivity index (χ0) is 36.0. The van der Waals surface area contributed by atoms with Gasteiger partial charge in [0.25, 0.3) is 0 Å². The van der Waals surface area contributed by atoms with Crippen LogP contribution in [0.4, 0.5) is 0 Å². The molecule has 11 rings (SSSR count). The Morgan fingerprint density at radius 1 is 0.426 bits per heavy atom. The molecule has 2 heterocycles. The van der Waals surface area contributed by atoms with Crippen molar-refractivity contribution >= 4 is 43.5 Å². The van der Waals surface area contributed by atoms with E-state index in [1.54, 1.807) is 0 Å². The van der Waals surface area contributed by atoms with Gasteiger partial charge >= 0.3 is 0 Å². The van der Waals surface area contributed by atoms with E-state index in [2.05, 4.69) is 178 Å². The molecule has 3 nitrogen and oxygen atoms in total. The molecule has 1 aliphatic rings. The summed E-state index contributed by atoms with van der Waals surface area (Å²) in [6.45, 7) is 4.69. The van der Waals surface area contributed by atoms with Crippen molar-refractivity contribution in [1.29, 1.82) is 0 Å². The number of nitrogens with zero attached hydrogens (tertiary/aromatic N) is 2. The van der Waals surface area contributed by atoms with Crippen LogP contribution in [0.2, 0.25) is 0 Å². The van der Waals surface area contributed by atoms with Crippen LogP contribution < -0.4 is 0 Å². The zero-order valence-electron chi connectivity index (χ0n) is 30.0. The number of aromatic nitrogens is 2. The van der Waals surface area contributed by atoms with Crippen LogP contribution in [0.25, 0.3) is 99.6 Å². The molecule has 0 aliphatic heterocycles. The van der Waals surface area contributed by atoms with Crippen LogP contribution in [-0.2, 0) is 5.41 Å². The van der Waals surface area contributed by atoms with Gasteiger partial charge in [-0.25, -0.2) is 9.97 Å². The van der Waals surface area contributed by atoms with E-state index in [9.17, 15) is 0 Å². The number of fused-ring (bicyclic) bond motifs is 9. The van der Waals surface area contributed by atoms with Crippen molar-refractivity contribution in [2.75, 3.05) is 0 Å². The van der Waals surface area contributed by atoms with Crippen LogP contribution in [0.3, 0.4) is 0 Å². The molecule has 3 heteroatoms. The Labute approximate surface area is 313 Å². The van der Waals surface area contributed by atoms with E-state index in [0.717, 1.165) is 61.1 Å². The van der Waals surface area contributed by atoms with Gasteiger partial charge in [-0.2, -0.15) is 0 Å². The number of benzene rings is 8. The van der Waals surface area contributed by atoms with Crippen molar-refractivity contribution in [3.8, 4) is 56.2 Å². The van der Waals surface area contributed by atoms with Gasteiger partial charge in [0.15, 0.2) is 5.82 Å². The third-order valence-electron chi connectivity index (χ3n) is 11.5. The number of furan rings is 1. The van der Waals surface area contributed by atoms with Crippen LogP contribution in [0.1, 0.15) is 25.0 Å². The van der Waals surface area contributed by atoms with E-state index in [1.807, 2.05) is 6.07 Å².